The highest BCUT2D eigenvalue weighted by Gasteiger charge is 2.06. The molecule has 1 aromatic heterocycles. The van der Waals surface area contributed by atoms with Crippen LogP contribution in [-0.4, -0.2) is 4.98 Å². The molecule has 4 N–H and O–H groups in total. The van der Waals surface area contributed by atoms with E-state index in [1.807, 2.05) is 19.1 Å². The van der Waals surface area contributed by atoms with Gasteiger partial charge in [-0.15, -0.1) is 0 Å². The summed E-state index contributed by atoms with van der Waals surface area (Å²) in [5, 5.41) is 0.900. The lowest BCUT2D eigenvalue weighted by Crippen LogP contribution is -1.98. The topological polar surface area (TPSA) is 64.9 Å². The van der Waals surface area contributed by atoms with Gasteiger partial charge in [0.2, 0.25) is 0 Å². The molecule has 0 unspecified atom stereocenters. The molecule has 14 heavy (non-hydrogen) atoms. The van der Waals surface area contributed by atoms with Gasteiger partial charge in [0.05, 0.1) is 23.1 Å². The second kappa shape index (κ2) is 3.13. The second-order valence-corrected chi connectivity index (χ2v) is 4.16. The second-order valence-electron chi connectivity index (χ2n) is 3.25. The lowest BCUT2D eigenvalue weighted by atomic mass is 10.1. The molecule has 2 aromatic rings. The van der Waals surface area contributed by atoms with Crippen molar-refractivity contribution in [1.29, 1.82) is 0 Å². The number of nitrogens with zero attached hydrogens (tertiary/aromatic N) is 1. The first-order valence-corrected chi connectivity index (χ1v) is 4.98. The summed E-state index contributed by atoms with van der Waals surface area (Å²) >= 11 is 3.42. The first-order valence-electron chi connectivity index (χ1n) is 4.19. The molecule has 0 aliphatic rings. The van der Waals surface area contributed by atoms with E-state index in [-0.39, 0.29) is 0 Å². The van der Waals surface area contributed by atoms with Crippen molar-refractivity contribution < 1.29 is 0 Å². The third-order valence-electron chi connectivity index (χ3n) is 2.20. The van der Waals surface area contributed by atoms with Crippen LogP contribution >= 0.6 is 15.9 Å². The maximum absolute atomic E-state index is 5.87. The van der Waals surface area contributed by atoms with E-state index in [9.17, 15) is 0 Å². The zero-order valence-electron chi connectivity index (χ0n) is 7.71. The van der Waals surface area contributed by atoms with Gasteiger partial charge in [-0.3, -0.25) is 4.98 Å². The molecule has 0 fully saturated rings. The van der Waals surface area contributed by atoms with Gasteiger partial charge in [0.15, 0.2) is 0 Å². The first-order chi connectivity index (χ1) is 6.59. The van der Waals surface area contributed by atoms with Crippen LogP contribution in [0.2, 0.25) is 0 Å². The summed E-state index contributed by atoms with van der Waals surface area (Å²) in [5.74, 6) is 0. The van der Waals surface area contributed by atoms with E-state index in [0.717, 1.165) is 20.9 Å². The molecule has 0 spiro atoms. The molecular weight excluding hydrogens is 242 g/mol. The molecular formula is C10H10BrN3. The van der Waals surface area contributed by atoms with Crippen molar-refractivity contribution in [3.8, 4) is 0 Å². The fourth-order valence-electron chi connectivity index (χ4n) is 1.47. The van der Waals surface area contributed by atoms with E-state index < -0.39 is 0 Å². The molecule has 3 nitrogen and oxygen atoms in total. The van der Waals surface area contributed by atoms with Crippen molar-refractivity contribution in [2.24, 2.45) is 0 Å². The zero-order chi connectivity index (χ0) is 10.3. The number of rotatable bonds is 0. The first kappa shape index (κ1) is 9.27. The van der Waals surface area contributed by atoms with Crippen LogP contribution < -0.4 is 11.5 Å². The Labute approximate surface area is 90.2 Å². The normalized spacial score (nSPS) is 10.7. The van der Waals surface area contributed by atoms with Crippen molar-refractivity contribution in [1.82, 2.24) is 4.98 Å². The number of hydrogen-bond acceptors (Lipinski definition) is 3. The number of aromatic nitrogens is 1. The average Bonchev–Trinajstić information content (AvgIpc) is 2.12. The van der Waals surface area contributed by atoms with Crippen LogP contribution in [0.5, 0.6) is 0 Å². The number of nitrogens with two attached hydrogens (primary N) is 2. The van der Waals surface area contributed by atoms with Gasteiger partial charge >= 0.3 is 0 Å². The van der Waals surface area contributed by atoms with Crippen LogP contribution in [0.1, 0.15) is 5.56 Å². The Bertz CT molecular complexity index is 508. The van der Waals surface area contributed by atoms with Crippen molar-refractivity contribution in [3.05, 3.63) is 28.4 Å². The molecule has 1 heterocycles. The molecule has 0 saturated heterocycles. The smallest absolute Gasteiger partial charge is 0.0754 e. The molecule has 4 heteroatoms. The van der Waals surface area contributed by atoms with Crippen LogP contribution in [0.3, 0.4) is 0 Å². The SMILES string of the molecule is Cc1cc(Br)cc2c(N)c(N)cnc12. The van der Waals surface area contributed by atoms with Gasteiger partial charge in [-0.05, 0) is 24.6 Å². The Kier molecular flexibility index (Phi) is 2.07. The van der Waals surface area contributed by atoms with Gasteiger partial charge in [0.25, 0.3) is 0 Å². The lowest BCUT2D eigenvalue weighted by Gasteiger charge is -2.07. The molecule has 0 aliphatic heterocycles. The Morgan fingerprint density at radius 1 is 1.29 bits per heavy atom. The summed E-state index contributed by atoms with van der Waals surface area (Å²) < 4.78 is 0.988. The monoisotopic (exact) mass is 251 g/mol. The number of hydrogen-bond donors (Lipinski definition) is 2. The molecule has 0 saturated carbocycles. The van der Waals surface area contributed by atoms with E-state index in [0.29, 0.717) is 11.4 Å². The highest BCUT2D eigenvalue weighted by atomic mass is 79.9. The van der Waals surface area contributed by atoms with Crippen LogP contribution in [0.25, 0.3) is 10.9 Å². The zero-order valence-corrected chi connectivity index (χ0v) is 9.30. The fraction of sp³-hybridized carbons (Fsp3) is 0.100. The standard InChI is InChI=1S/C10H10BrN3/c1-5-2-6(11)3-7-9(13)8(12)4-14-10(5)7/h2-4H,12H2,1H3,(H2,13,14). The number of halogens is 1. The van der Waals surface area contributed by atoms with Crippen molar-refractivity contribution in [2.75, 3.05) is 11.5 Å². The van der Waals surface area contributed by atoms with Crippen molar-refractivity contribution >= 4 is 38.2 Å². The van der Waals surface area contributed by atoms with Crippen LogP contribution in [-0.2, 0) is 0 Å². The lowest BCUT2D eigenvalue weighted by molar-refractivity contribution is 1.36. The van der Waals surface area contributed by atoms with E-state index in [1.165, 1.54) is 0 Å². The number of aryl methyl sites for hydroxylation is 1. The number of nitrogen functional groups attached to an aromatic ring is 2. The molecule has 0 atom stereocenters. The van der Waals surface area contributed by atoms with Gasteiger partial charge in [0.1, 0.15) is 0 Å². The predicted molar refractivity (Wildman–Crippen MR) is 63.0 cm³/mol. The van der Waals surface area contributed by atoms with E-state index in [1.54, 1.807) is 6.20 Å². The Morgan fingerprint density at radius 2 is 2.00 bits per heavy atom. The van der Waals surface area contributed by atoms with E-state index >= 15 is 0 Å². The Balaban J connectivity index is 2.95. The average molecular weight is 252 g/mol. The summed E-state index contributed by atoms with van der Waals surface area (Å²) in [4.78, 5) is 4.26. The van der Waals surface area contributed by atoms with E-state index in [4.69, 9.17) is 11.5 Å². The fourth-order valence-corrected chi connectivity index (χ4v) is 2.04. The number of pyridine rings is 1. The minimum absolute atomic E-state index is 0.523. The number of fused-ring (bicyclic) bond motifs is 1. The summed E-state index contributed by atoms with van der Waals surface area (Å²) in [6.07, 6.45) is 1.60. The maximum Gasteiger partial charge on any atom is 0.0754 e. The number of benzene rings is 1. The third-order valence-corrected chi connectivity index (χ3v) is 2.66. The Hall–Kier alpha value is -1.29. The summed E-state index contributed by atoms with van der Waals surface area (Å²) in [7, 11) is 0. The summed E-state index contributed by atoms with van der Waals surface area (Å²) in [5.41, 5.74) is 14.7. The van der Waals surface area contributed by atoms with Gasteiger partial charge < -0.3 is 11.5 Å². The molecule has 1 aromatic carbocycles. The van der Waals surface area contributed by atoms with Gasteiger partial charge in [0, 0.05) is 9.86 Å². The van der Waals surface area contributed by atoms with E-state index in [2.05, 4.69) is 20.9 Å². The van der Waals surface area contributed by atoms with Gasteiger partial charge in [-0.2, -0.15) is 0 Å². The highest BCUT2D eigenvalue weighted by Crippen LogP contribution is 2.29. The summed E-state index contributed by atoms with van der Waals surface area (Å²) in [6.45, 7) is 2.00. The molecule has 72 valence electrons. The van der Waals surface area contributed by atoms with Crippen molar-refractivity contribution in [3.63, 3.8) is 0 Å². The quantitative estimate of drug-likeness (QED) is 0.756. The molecule has 2 rings (SSSR count). The molecule has 0 bridgehead atoms. The molecule has 0 amide bonds. The summed E-state index contributed by atoms with van der Waals surface area (Å²) in [6, 6.07) is 3.94. The largest absolute Gasteiger partial charge is 0.396 e. The number of anilines is 2. The van der Waals surface area contributed by atoms with Gasteiger partial charge in [-0.25, -0.2) is 0 Å². The van der Waals surface area contributed by atoms with Crippen molar-refractivity contribution in [2.45, 2.75) is 6.92 Å². The highest BCUT2D eigenvalue weighted by molar-refractivity contribution is 9.10. The van der Waals surface area contributed by atoms with Crippen LogP contribution in [0.4, 0.5) is 11.4 Å². The minimum Gasteiger partial charge on any atom is -0.396 e. The Morgan fingerprint density at radius 3 is 2.71 bits per heavy atom. The minimum atomic E-state index is 0.523. The van der Waals surface area contributed by atoms with Gasteiger partial charge in [-0.1, -0.05) is 15.9 Å². The van der Waals surface area contributed by atoms with Crippen LogP contribution in [0.15, 0.2) is 22.8 Å². The molecule has 0 radical (unpaired) electrons. The molecule has 0 aliphatic carbocycles. The van der Waals surface area contributed by atoms with Crippen LogP contribution in [0, 0.1) is 6.92 Å². The predicted octanol–water partition coefficient (Wildman–Crippen LogP) is 2.47. The third kappa shape index (κ3) is 1.32. The maximum atomic E-state index is 5.87.